The molecule has 2 heteroatoms. The molecule has 2 aromatic rings. The topological polar surface area (TPSA) is 0 Å². The third-order valence-electron chi connectivity index (χ3n) is 6.12. The number of hydrogen-bond donors (Lipinski definition) is 0. The Kier molecular flexibility index (Phi) is 4.61. The summed E-state index contributed by atoms with van der Waals surface area (Å²) in [5.74, 6) is 0. The maximum atomic E-state index is 2.48. The van der Waals surface area contributed by atoms with E-state index in [-0.39, 0.29) is 15.8 Å². The maximum Gasteiger partial charge on any atom is 0.0161 e. The highest BCUT2D eigenvalue weighted by Crippen LogP contribution is 2.80. The predicted molar refractivity (Wildman–Crippen MR) is 119 cm³/mol. The van der Waals surface area contributed by atoms with Gasteiger partial charge in [0.2, 0.25) is 0 Å². The lowest BCUT2D eigenvalue weighted by Crippen LogP contribution is -2.20. The van der Waals surface area contributed by atoms with Gasteiger partial charge in [-0.05, 0) is 44.9 Å². The molecule has 0 aromatic heterocycles. The molecule has 138 valence electrons. The highest BCUT2D eigenvalue weighted by atomic mass is 31.1. The molecule has 0 saturated carbocycles. The summed E-state index contributed by atoms with van der Waals surface area (Å²) >= 11 is 0. The SMILES string of the molecule is CC(C)(C)P1Cc2ccccc2C1[C@@H]1c2ccccc2CP1C(C)(C)C. The Morgan fingerprint density at radius 3 is 1.31 bits per heavy atom. The Bertz CT molecular complexity index is 740. The normalized spacial score (nSPS) is 28.1. The van der Waals surface area contributed by atoms with E-state index in [1.165, 1.54) is 12.3 Å². The Labute approximate surface area is 162 Å². The molecule has 4 atom stereocenters. The van der Waals surface area contributed by atoms with Gasteiger partial charge in [-0.1, -0.05) is 106 Å². The minimum Gasteiger partial charge on any atom is -0.0880 e. The van der Waals surface area contributed by atoms with Crippen molar-refractivity contribution in [3.63, 3.8) is 0 Å². The zero-order valence-corrected chi connectivity index (χ0v) is 18.9. The van der Waals surface area contributed by atoms with E-state index in [4.69, 9.17) is 0 Å². The Hall–Kier alpha value is -0.700. The minimum absolute atomic E-state index is 0.0695. The molecular formula is C24H32P2. The van der Waals surface area contributed by atoms with E-state index in [1.54, 1.807) is 22.3 Å². The van der Waals surface area contributed by atoms with Crippen molar-refractivity contribution in [3.05, 3.63) is 70.8 Å². The molecule has 26 heavy (non-hydrogen) atoms. The summed E-state index contributed by atoms with van der Waals surface area (Å²) < 4.78 is 0. The quantitative estimate of drug-likeness (QED) is 0.438. The first-order chi connectivity index (χ1) is 12.2. The maximum absolute atomic E-state index is 2.48. The standard InChI is InChI=1S/C24H32P2/c1-23(2,3)25-15-17-11-7-9-13-19(17)21(25)22-20-14-10-8-12-18(20)16-26(22)24(4,5)6/h7-14,21-22H,15-16H2,1-6H3/t21-,22?,25?,26?/m0/s1. The van der Waals surface area contributed by atoms with Crippen LogP contribution in [-0.4, -0.2) is 10.3 Å². The monoisotopic (exact) mass is 382 g/mol. The van der Waals surface area contributed by atoms with Gasteiger partial charge in [0.1, 0.15) is 0 Å². The van der Waals surface area contributed by atoms with Crippen molar-refractivity contribution in [3.8, 4) is 0 Å². The zero-order valence-electron chi connectivity index (χ0n) is 17.1. The van der Waals surface area contributed by atoms with Crippen molar-refractivity contribution in [1.29, 1.82) is 0 Å². The average Bonchev–Trinajstić information content (AvgIpc) is 3.12. The number of hydrogen-bond acceptors (Lipinski definition) is 0. The van der Waals surface area contributed by atoms with Crippen LogP contribution in [0, 0.1) is 0 Å². The second-order valence-corrected chi connectivity index (χ2v) is 16.2. The van der Waals surface area contributed by atoms with E-state index in [1.807, 2.05) is 0 Å². The van der Waals surface area contributed by atoms with Crippen LogP contribution in [0.15, 0.2) is 48.5 Å². The fourth-order valence-electron chi connectivity index (χ4n) is 4.82. The van der Waals surface area contributed by atoms with Gasteiger partial charge in [0.05, 0.1) is 0 Å². The smallest absolute Gasteiger partial charge is 0.0161 e. The Morgan fingerprint density at radius 1 is 0.615 bits per heavy atom. The van der Waals surface area contributed by atoms with Crippen molar-refractivity contribution in [2.75, 3.05) is 0 Å². The largest absolute Gasteiger partial charge is 0.0880 e. The van der Waals surface area contributed by atoms with Crippen LogP contribution in [0.1, 0.15) is 75.1 Å². The number of rotatable bonds is 1. The lowest BCUT2D eigenvalue weighted by Gasteiger charge is -2.42. The van der Waals surface area contributed by atoms with E-state index in [0.29, 0.717) is 10.3 Å². The van der Waals surface area contributed by atoms with Crippen molar-refractivity contribution < 1.29 is 0 Å². The van der Waals surface area contributed by atoms with Crippen LogP contribution in [0.5, 0.6) is 0 Å². The molecule has 0 saturated heterocycles. The summed E-state index contributed by atoms with van der Waals surface area (Å²) in [6.07, 6.45) is 2.62. The third-order valence-corrected chi connectivity index (χ3v) is 13.7. The van der Waals surface area contributed by atoms with Crippen LogP contribution in [-0.2, 0) is 12.3 Å². The van der Waals surface area contributed by atoms with Gasteiger partial charge in [-0.15, -0.1) is 0 Å². The predicted octanol–water partition coefficient (Wildman–Crippen LogP) is 8.06. The molecule has 2 aliphatic heterocycles. The molecule has 0 nitrogen and oxygen atoms in total. The van der Waals surface area contributed by atoms with Crippen molar-refractivity contribution in [2.45, 2.75) is 75.5 Å². The van der Waals surface area contributed by atoms with Gasteiger partial charge in [-0.2, -0.15) is 0 Å². The van der Waals surface area contributed by atoms with E-state index in [2.05, 4.69) is 90.1 Å². The van der Waals surface area contributed by atoms with Crippen LogP contribution in [0.2, 0.25) is 0 Å². The summed E-state index contributed by atoms with van der Waals surface area (Å²) in [5, 5.41) is 0.797. The molecular weight excluding hydrogens is 350 g/mol. The summed E-state index contributed by atoms with van der Waals surface area (Å²) in [5.41, 5.74) is 8.07. The molecule has 4 rings (SSSR count). The molecule has 0 N–H and O–H groups in total. The van der Waals surface area contributed by atoms with Crippen molar-refractivity contribution in [2.24, 2.45) is 0 Å². The van der Waals surface area contributed by atoms with Crippen LogP contribution in [0.25, 0.3) is 0 Å². The van der Waals surface area contributed by atoms with Crippen molar-refractivity contribution >= 4 is 15.8 Å². The fraction of sp³-hybridized carbons (Fsp3) is 0.500. The van der Waals surface area contributed by atoms with Gasteiger partial charge in [0.25, 0.3) is 0 Å². The first-order valence-electron chi connectivity index (χ1n) is 9.87. The summed E-state index contributed by atoms with van der Waals surface area (Å²) in [4.78, 5) is 0. The molecule has 0 amide bonds. The van der Waals surface area contributed by atoms with Gasteiger partial charge in [0, 0.05) is 11.3 Å². The third kappa shape index (κ3) is 3.08. The van der Waals surface area contributed by atoms with E-state index < -0.39 is 0 Å². The molecule has 2 heterocycles. The van der Waals surface area contributed by atoms with E-state index in [0.717, 1.165) is 11.3 Å². The minimum atomic E-state index is -0.0695. The number of benzene rings is 2. The summed E-state index contributed by atoms with van der Waals surface area (Å²) in [7, 11) is -0.139. The molecule has 2 aromatic carbocycles. The highest BCUT2D eigenvalue weighted by molar-refractivity contribution is 7.63. The molecule has 0 aliphatic carbocycles. The van der Waals surface area contributed by atoms with Crippen LogP contribution >= 0.6 is 15.8 Å². The van der Waals surface area contributed by atoms with Crippen LogP contribution in [0.4, 0.5) is 0 Å². The summed E-state index contributed by atoms with van der Waals surface area (Å²) in [6.45, 7) is 14.9. The second-order valence-electron chi connectivity index (χ2n) is 9.88. The highest BCUT2D eigenvalue weighted by Gasteiger charge is 2.50. The molecule has 0 spiro atoms. The van der Waals surface area contributed by atoms with E-state index in [9.17, 15) is 0 Å². The van der Waals surface area contributed by atoms with Crippen molar-refractivity contribution in [1.82, 2.24) is 0 Å². The van der Waals surface area contributed by atoms with Crippen LogP contribution < -0.4 is 0 Å². The Balaban J connectivity index is 1.89. The molecule has 3 unspecified atom stereocenters. The van der Waals surface area contributed by atoms with Gasteiger partial charge in [0.15, 0.2) is 0 Å². The fourth-order valence-corrected chi connectivity index (χ4v) is 12.3. The van der Waals surface area contributed by atoms with Gasteiger partial charge < -0.3 is 0 Å². The molecule has 0 radical (unpaired) electrons. The van der Waals surface area contributed by atoms with Gasteiger partial charge in [-0.3, -0.25) is 0 Å². The Morgan fingerprint density at radius 2 is 0.962 bits per heavy atom. The second kappa shape index (κ2) is 6.43. The molecule has 2 aliphatic rings. The molecule has 0 fully saturated rings. The molecule has 0 bridgehead atoms. The van der Waals surface area contributed by atoms with Gasteiger partial charge >= 0.3 is 0 Å². The summed E-state index contributed by atoms with van der Waals surface area (Å²) in [6, 6.07) is 18.7. The first kappa shape index (κ1) is 18.7. The first-order valence-corrected chi connectivity index (χ1v) is 13.1. The average molecular weight is 382 g/mol. The van der Waals surface area contributed by atoms with E-state index >= 15 is 0 Å². The lowest BCUT2D eigenvalue weighted by atomic mass is 9.98. The lowest BCUT2D eigenvalue weighted by molar-refractivity contribution is 0.736. The number of fused-ring (bicyclic) bond motifs is 2. The van der Waals surface area contributed by atoms with Crippen LogP contribution in [0.3, 0.4) is 0 Å². The van der Waals surface area contributed by atoms with Gasteiger partial charge in [-0.25, -0.2) is 0 Å². The zero-order chi connectivity index (χ0) is 18.7.